The van der Waals surface area contributed by atoms with Crippen molar-refractivity contribution in [2.24, 2.45) is 10.9 Å². The number of pyridine rings is 1. The summed E-state index contributed by atoms with van der Waals surface area (Å²) in [6, 6.07) is 4.33. The van der Waals surface area contributed by atoms with E-state index in [0.29, 0.717) is 11.6 Å². The minimum atomic E-state index is 0.0920. The molecule has 5 nitrogen and oxygen atoms in total. The standard InChI is InChI=1S/C13H20N4O/c1-17(11-5-3-2-4-6-11)12-8-7-10(9-15-12)13(14)16-18/h7-9,11,18H,2-6H2,1H3,(H2,14,16). The van der Waals surface area contributed by atoms with E-state index in [1.807, 2.05) is 12.1 Å². The number of nitrogens with two attached hydrogens (primary N) is 1. The average Bonchev–Trinajstić information content (AvgIpc) is 2.47. The van der Waals surface area contributed by atoms with Gasteiger partial charge in [0.25, 0.3) is 0 Å². The van der Waals surface area contributed by atoms with Crippen molar-refractivity contribution >= 4 is 11.7 Å². The Morgan fingerprint density at radius 3 is 2.67 bits per heavy atom. The van der Waals surface area contributed by atoms with E-state index in [1.165, 1.54) is 32.1 Å². The summed E-state index contributed by atoms with van der Waals surface area (Å²) in [6.07, 6.45) is 8.07. The summed E-state index contributed by atoms with van der Waals surface area (Å²) in [5.41, 5.74) is 6.15. The summed E-state index contributed by atoms with van der Waals surface area (Å²) < 4.78 is 0. The van der Waals surface area contributed by atoms with Gasteiger partial charge in [0.1, 0.15) is 5.82 Å². The van der Waals surface area contributed by atoms with Crippen molar-refractivity contribution in [3.63, 3.8) is 0 Å². The zero-order valence-electron chi connectivity index (χ0n) is 10.7. The number of amidine groups is 1. The summed E-state index contributed by atoms with van der Waals surface area (Å²) in [6.45, 7) is 0. The lowest BCUT2D eigenvalue weighted by molar-refractivity contribution is 0.318. The molecule has 0 spiro atoms. The molecule has 0 aromatic carbocycles. The van der Waals surface area contributed by atoms with Gasteiger partial charge in [-0.15, -0.1) is 0 Å². The minimum Gasteiger partial charge on any atom is -0.409 e. The van der Waals surface area contributed by atoms with E-state index in [-0.39, 0.29) is 5.84 Å². The summed E-state index contributed by atoms with van der Waals surface area (Å²) in [4.78, 5) is 6.61. The topological polar surface area (TPSA) is 74.7 Å². The van der Waals surface area contributed by atoms with Crippen LogP contribution in [0, 0.1) is 0 Å². The van der Waals surface area contributed by atoms with Gasteiger partial charge in [-0.3, -0.25) is 0 Å². The molecular formula is C13H20N4O. The van der Waals surface area contributed by atoms with E-state index < -0.39 is 0 Å². The van der Waals surface area contributed by atoms with Gasteiger partial charge in [-0.1, -0.05) is 24.4 Å². The Hall–Kier alpha value is -1.78. The van der Waals surface area contributed by atoms with Gasteiger partial charge in [-0.05, 0) is 25.0 Å². The van der Waals surface area contributed by atoms with Gasteiger partial charge in [-0.2, -0.15) is 0 Å². The molecule has 0 aliphatic heterocycles. The van der Waals surface area contributed by atoms with Gasteiger partial charge in [0.15, 0.2) is 5.84 Å². The number of hydrogen-bond acceptors (Lipinski definition) is 4. The third kappa shape index (κ3) is 2.72. The van der Waals surface area contributed by atoms with Gasteiger partial charge < -0.3 is 15.8 Å². The first kappa shape index (κ1) is 12.7. The Morgan fingerprint density at radius 1 is 1.39 bits per heavy atom. The van der Waals surface area contributed by atoms with Crippen molar-refractivity contribution in [3.8, 4) is 0 Å². The molecule has 0 radical (unpaired) electrons. The first-order valence-corrected chi connectivity index (χ1v) is 6.39. The van der Waals surface area contributed by atoms with Crippen LogP contribution < -0.4 is 10.6 Å². The van der Waals surface area contributed by atoms with Gasteiger partial charge in [0, 0.05) is 24.8 Å². The molecule has 1 aliphatic rings. The summed E-state index contributed by atoms with van der Waals surface area (Å²) in [5.74, 6) is 1.03. The normalized spacial score (nSPS) is 17.7. The molecule has 2 rings (SSSR count). The highest BCUT2D eigenvalue weighted by Crippen LogP contribution is 2.24. The second-order valence-corrected chi connectivity index (χ2v) is 4.79. The predicted molar refractivity (Wildman–Crippen MR) is 72.0 cm³/mol. The fourth-order valence-corrected chi connectivity index (χ4v) is 2.46. The Labute approximate surface area is 107 Å². The molecular weight excluding hydrogens is 228 g/mol. The van der Waals surface area contributed by atoms with Crippen molar-refractivity contribution in [2.75, 3.05) is 11.9 Å². The van der Waals surface area contributed by atoms with Crippen LogP contribution in [0.3, 0.4) is 0 Å². The highest BCUT2D eigenvalue weighted by atomic mass is 16.4. The predicted octanol–water partition coefficient (Wildman–Crippen LogP) is 1.95. The molecule has 3 N–H and O–H groups in total. The van der Waals surface area contributed by atoms with E-state index in [9.17, 15) is 0 Å². The van der Waals surface area contributed by atoms with Crippen LogP contribution in [0.1, 0.15) is 37.7 Å². The van der Waals surface area contributed by atoms with Crippen LogP contribution in [0.5, 0.6) is 0 Å². The van der Waals surface area contributed by atoms with Crippen molar-refractivity contribution in [2.45, 2.75) is 38.1 Å². The molecule has 1 aliphatic carbocycles. The smallest absolute Gasteiger partial charge is 0.171 e. The van der Waals surface area contributed by atoms with Gasteiger partial charge >= 0.3 is 0 Å². The van der Waals surface area contributed by atoms with E-state index in [4.69, 9.17) is 10.9 Å². The molecule has 1 aromatic rings. The number of aromatic nitrogens is 1. The maximum absolute atomic E-state index is 8.60. The maximum Gasteiger partial charge on any atom is 0.171 e. The third-order valence-electron chi connectivity index (χ3n) is 3.64. The molecule has 5 heteroatoms. The first-order valence-electron chi connectivity index (χ1n) is 6.39. The largest absolute Gasteiger partial charge is 0.409 e. The lowest BCUT2D eigenvalue weighted by Crippen LogP contribution is -2.33. The fourth-order valence-electron chi connectivity index (χ4n) is 2.46. The fraction of sp³-hybridized carbons (Fsp3) is 0.538. The van der Waals surface area contributed by atoms with Crippen molar-refractivity contribution in [3.05, 3.63) is 23.9 Å². The molecule has 1 fully saturated rings. The Balaban J connectivity index is 2.08. The lowest BCUT2D eigenvalue weighted by Gasteiger charge is -2.32. The highest BCUT2D eigenvalue weighted by molar-refractivity contribution is 5.96. The van der Waals surface area contributed by atoms with Crippen LogP contribution in [0.4, 0.5) is 5.82 Å². The van der Waals surface area contributed by atoms with Crippen LogP contribution in [-0.2, 0) is 0 Å². The van der Waals surface area contributed by atoms with Crippen molar-refractivity contribution in [1.82, 2.24) is 4.98 Å². The van der Waals surface area contributed by atoms with Crippen molar-refractivity contribution in [1.29, 1.82) is 0 Å². The molecule has 0 amide bonds. The highest BCUT2D eigenvalue weighted by Gasteiger charge is 2.18. The minimum absolute atomic E-state index is 0.0920. The number of anilines is 1. The second kappa shape index (κ2) is 5.71. The average molecular weight is 248 g/mol. The molecule has 0 saturated heterocycles. The third-order valence-corrected chi connectivity index (χ3v) is 3.64. The van der Waals surface area contributed by atoms with Crippen LogP contribution in [0.2, 0.25) is 0 Å². The summed E-state index contributed by atoms with van der Waals surface area (Å²) in [5, 5.41) is 11.6. The molecule has 0 atom stereocenters. The first-order chi connectivity index (χ1) is 8.72. The second-order valence-electron chi connectivity index (χ2n) is 4.79. The summed E-state index contributed by atoms with van der Waals surface area (Å²) in [7, 11) is 2.08. The maximum atomic E-state index is 8.60. The summed E-state index contributed by atoms with van der Waals surface area (Å²) >= 11 is 0. The van der Waals surface area contributed by atoms with Crippen LogP contribution in [0.15, 0.2) is 23.5 Å². The zero-order valence-corrected chi connectivity index (χ0v) is 10.7. The molecule has 1 heterocycles. The van der Waals surface area contributed by atoms with E-state index >= 15 is 0 Å². The van der Waals surface area contributed by atoms with Crippen LogP contribution in [0.25, 0.3) is 0 Å². The van der Waals surface area contributed by atoms with Gasteiger partial charge in [0.05, 0.1) is 0 Å². The lowest BCUT2D eigenvalue weighted by atomic mass is 9.94. The quantitative estimate of drug-likeness (QED) is 0.371. The molecule has 1 saturated carbocycles. The Kier molecular flexibility index (Phi) is 4.02. The monoisotopic (exact) mass is 248 g/mol. The molecule has 1 aromatic heterocycles. The van der Waals surface area contributed by atoms with E-state index in [1.54, 1.807) is 6.20 Å². The number of oxime groups is 1. The molecule has 0 bridgehead atoms. The van der Waals surface area contributed by atoms with Gasteiger partial charge in [0.2, 0.25) is 0 Å². The van der Waals surface area contributed by atoms with Crippen molar-refractivity contribution < 1.29 is 5.21 Å². The molecule has 18 heavy (non-hydrogen) atoms. The van der Waals surface area contributed by atoms with E-state index in [0.717, 1.165) is 5.82 Å². The Bertz CT molecular complexity index is 410. The van der Waals surface area contributed by atoms with Crippen LogP contribution >= 0.6 is 0 Å². The molecule has 98 valence electrons. The number of rotatable bonds is 3. The van der Waals surface area contributed by atoms with E-state index in [2.05, 4.69) is 22.1 Å². The SMILES string of the molecule is CN(c1ccc(/C(N)=N/O)cn1)C1CCCCC1. The van der Waals surface area contributed by atoms with Gasteiger partial charge in [-0.25, -0.2) is 4.98 Å². The van der Waals surface area contributed by atoms with Crippen LogP contribution in [-0.4, -0.2) is 29.1 Å². The zero-order chi connectivity index (χ0) is 13.0. The Morgan fingerprint density at radius 2 is 2.11 bits per heavy atom. The number of hydrogen-bond donors (Lipinski definition) is 2. The number of nitrogens with zero attached hydrogens (tertiary/aromatic N) is 3. The molecule has 0 unspecified atom stereocenters.